The molecule has 1 aromatic carbocycles. The molecule has 1 aromatic rings. The summed E-state index contributed by atoms with van der Waals surface area (Å²) in [5.41, 5.74) is 5.84. The molecule has 0 radical (unpaired) electrons. The van der Waals surface area contributed by atoms with Crippen LogP contribution in [0.25, 0.3) is 0 Å². The molecule has 0 saturated carbocycles. The van der Waals surface area contributed by atoms with Gasteiger partial charge in [0.05, 0.1) is 9.79 Å². The van der Waals surface area contributed by atoms with E-state index in [-0.39, 0.29) is 22.4 Å². The van der Waals surface area contributed by atoms with Gasteiger partial charge in [-0.25, -0.2) is 21.6 Å². The molecule has 0 fully saturated rings. The van der Waals surface area contributed by atoms with E-state index in [1.807, 2.05) is 0 Å². The van der Waals surface area contributed by atoms with Crippen molar-refractivity contribution >= 4 is 20.0 Å². The lowest BCUT2D eigenvalue weighted by Crippen LogP contribution is -2.39. The summed E-state index contributed by atoms with van der Waals surface area (Å²) in [4.78, 5) is 0.0938. The van der Waals surface area contributed by atoms with Crippen LogP contribution < -0.4 is 10.5 Å². The van der Waals surface area contributed by atoms with Gasteiger partial charge in [0.25, 0.3) is 0 Å². The summed E-state index contributed by atoms with van der Waals surface area (Å²) in [5, 5.41) is 0. The van der Waals surface area contributed by atoms with Crippen LogP contribution >= 0.6 is 0 Å². The topological polar surface area (TPSA) is 110 Å². The fourth-order valence-electron chi connectivity index (χ4n) is 1.75. The SMILES string of the molecule is CNS(=O)(=O)c1ccc(S(=O)(=O)N(C)C(C)CN)cc1C. The number of sulfonamides is 2. The van der Waals surface area contributed by atoms with Crippen molar-refractivity contribution in [2.24, 2.45) is 5.73 Å². The van der Waals surface area contributed by atoms with Crippen molar-refractivity contribution in [1.29, 1.82) is 0 Å². The molecule has 120 valence electrons. The van der Waals surface area contributed by atoms with E-state index in [4.69, 9.17) is 5.73 Å². The van der Waals surface area contributed by atoms with Crippen LogP contribution in [0.1, 0.15) is 12.5 Å². The van der Waals surface area contributed by atoms with E-state index in [1.54, 1.807) is 13.8 Å². The van der Waals surface area contributed by atoms with E-state index in [2.05, 4.69) is 4.72 Å². The Kier molecular flexibility index (Phi) is 5.51. The normalized spacial score (nSPS) is 14.4. The molecule has 1 unspecified atom stereocenters. The van der Waals surface area contributed by atoms with Crippen LogP contribution in [0, 0.1) is 6.92 Å². The van der Waals surface area contributed by atoms with E-state index in [0.717, 1.165) is 0 Å². The first kappa shape index (κ1) is 18.1. The quantitative estimate of drug-likeness (QED) is 0.752. The predicted octanol–water partition coefficient (Wildman–Crippen LogP) is -0.129. The Morgan fingerprint density at radius 2 is 1.86 bits per heavy atom. The number of likely N-dealkylation sites (N-methyl/N-ethyl adjacent to an activating group) is 1. The van der Waals surface area contributed by atoms with Gasteiger partial charge in [-0.15, -0.1) is 0 Å². The number of nitrogens with zero attached hydrogens (tertiary/aromatic N) is 1. The van der Waals surface area contributed by atoms with Crippen LogP contribution in [0.5, 0.6) is 0 Å². The highest BCUT2D eigenvalue weighted by atomic mass is 32.2. The molecular weight excluding hydrogens is 314 g/mol. The third-order valence-electron chi connectivity index (χ3n) is 3.34. The molecule has 1 atom stereocenters. The Labute approximate surface area is 126 Å². The van der Waals surface area contributed by atoms with Gasteiger partial charge in [-0.2, -0.15) is 4.31 Å². The molecule has 0 aliphatic heterocycles. The third kappa shape index (κ3) is 3.61. The zero-order valence-corrected chi connectivity index (χ0v) is 14.1. The van der Waals surface area contributed by atoms with Crippen LogP contribution in [0.15, 0.2) is 28.0 Å². The second-order valence-electron chi connectivity index (χ2n) is 4.74. The molecule has 3 N–H and O–H groups in total. The highest BCUT2D eigenvalue weighted by Gasteiger charge is 2.26. The number of benzene rings is 1. The van der Waals surface area contributed by atoms with E-state index in [9.17, 15) is 16.8 Å². The third-order valence-corrected chi connectivity index (χ3v) is 6.89. The monoisotopic (exact) mass is 335 g/mol. The lowest BCUT2D eigenvalue weighted by atomic mass is 10.2. The predicted molar refractivity (Wildman–Crippen MR) is 80.9 cm³/mol. The molecule has 0 aromatic heterocycles. The van der Waals surface area contributed by atoms with Gasteiger partial charge in [-0.3, -0.25) is 0 Å². The molecule has 0 amide bonds. The summed E-state index contributed by atoms with van der Waals surface area (Å²) in [6, 6.07) is 3.57. The summed E-state index contributed by atoms with van der Waals surface area (Å²) in [5.74, 6) is 0. The second kappa shape index (κ2) is 6.41. The van der Waals surface area contributed by atoms with Crippen molar-refractivity contribution < 1.29 is 16.8 Å². The Morgan fingerprint density at radius 1 is 1.29 bits per heavy atom. The van der Waals surface area contributed by atoms with Crippen molar-refractivity contribution in [3.63, 3.8) is 0 Å². The van der Waals surface area contributed by atoms with E-state index >= 15 is 0 Å². The number of rotatable bonds is 6. The summed E-state index contributed by atoms with van der Waals surface area (Å²) in [6.45, 7) is 3.45. The largest absolute Gasteiger partial charge is 0.329 e. The van der Waals surface area contributed by atoms with Crippen molar-refractivity contribution in [3.8, 4) is 0 Å². The minimum Gasteiger partial charge on any atom is -0.329 e. The number of hydrogen-bond acceptors (Lipinski definition) is 5. The average molecular weight is 335 g/mol. The van der Waals surface area contributed by atoms with Gasteiger partial charge in [0.2, 0.25) is 20.0 Å². The first-order valence-corrected chi connectivity index (χ1v) is 9.22. The highest BCUT2D eigenvalue weighted by molar-refractivity contribution is 7.89. The Hall–Kier alpha value is -1.00. The highest BCUT2D eigenvalue weighted by Crippen LogP contribution is 2.22. The number of aryl methyl sites for hydroxylation is 1. The zero-order chi connectivity index (χ0) is 16.4. The van der Waals surface area contributed by atoms with Gasteiger partial charge in [0.1, 0.15) is 0 Å². The van der Waals surface area contributed by atoms with Crippen molar-refractivity contribution in [3.05, 3.63) is 23.8 Å². The smallest absolute Gasteiger partial charge is 0.243 e. The van der Waals surface area contributed by atoms with Crippen molar-refractivity contribution in [2.45, 2.75) is 29.7 Å². The van der Waals surface area contributed by atoms with Gasteiger partial charge in [0.15, 0.2) is 0 Å². The molecule has 0 bridgehead atoms. The molecule has 21 heavy (non-hydrogen) atoms. The van der Waals surface area contributed by atoms with Gasteiger partial charge in [-0.1, -0.05) is 0 Å². The van der Waals surface area contributed by atoms with Crippen molar-refractivity contribution in [2.75, 3.05) is 20.6 Å². The van der Waals surface area contributed by atoms with Gasteiger partial charge >= 0.3 is 0 Å². The first-order valence-electron chi connectivity index (χ1n) is 6.30. The molecule has 0 heterocycles. The molecule has 0 spiro atoms. The number of nitrogens with one attached hydrogen (secondary N) is 1. The molecule has 9 heteroatoms. The van der Waals surface area contributed by atoms with Gasteiger partial charge in [0, 0.05) is 19.6 Å². The maximum Gasteiger partial charge on any atom is 0.243 e. The lowest BCUT2D eigenvalue weighted by Gasteiger charge is -2.23. The fraction of sp³-hybridized carbons (Fsp3) is 0.500. The molecule has 0 aliphatic rings. The van der Waals surface area contributed by atoms with E-state index < -0.39 is 20.0 Å². The summed E-state index contributed by atoms with van der Waals surface area (Å²) < 4.78 is 51.8. The molecule has 0 aliphatic carbocycles. The molecule has 7 nitrogen and oxygen atoms in total. The first-order chi connectivity index (χ1) is 9.57. The minimum atomic E-state index is -3.70. The lowest BCUT2D eigenvalue weighted by molar-refractivity contribution is 0.394. The second-order valence-corrected chi connectivity index (χ2v) is 8.59. The van der Waals surface area contributed by atoms with Crippen LogP contribution in [0.2, 0.25) is 0 Å². The zero-order valence-electron chi connectivity index (χ0n) is 12.5. The Morgan fingerprint density at radius 3 is 2.29 bits per heavy atom. The van der Waals surface area contributed by atoms with E-state index in [1.165, 1.54) is 36.6 Å². The fourth-order valence-corrected chi connectivity index (χ4v) is 4.15. The van der Waals surface area contributed by atoms with Crippen LogP contribution in [0.4, 0.5) is 0 Å². The summed E-state index contributed by atoms with van der Waals surface area (Å²) in [6.07, 6.45) is 0. The van der Waals surface area contributed by atoms with Crippen LogP contribution in [-0.2, 0) is 20.0 Å². The summed E-state index contributed by atoms with van der Waals surface area (Å²) in [7, 11) is -4.57. The number of nitrogens with two attached hydrogens (primary N) is 1. The maximum absolute atomic E-state index is 12.4. The van der Waals surface area contributed by atoms with E-state index in [0.29, 0.717) is 5.56 Å². The van der Waals surface area contributed by atoms with Crippen LogP contribution in [0.3, 0.4) is 0 Å². The molecule has 0 saturated heterocycles. The standard InChI is InChI=1S/C12H21N3O4S2/c1-9-7-11(5-6-12(9)20(16,17)14-3)21(18,19)15(4)10(2)8-13/h5-7,10,14H,8,13H2,1-4H3. The average Bonchev–Trinajstić information content (AvgIpc) is 2.44. The molecular formula is C12H21N3O4S2. The maximum atomic E-state index is 12.4. The Bertz CT molecular complexity index is 714. The number of hydrogen-bond donors (Lipinski definition) is 2. The van der Waals surface area contributed by atoms with Gasteiger partial charge < -0.3 is 5.73 Å². The van der Waals surface area contributed by atoms with Gasteiger partial charge in [-0.05, 0) is 44.7 Å². The van der Waals surface area contributed by atoms with Crippen molar-refractivity contribution in [1.82, 2.24) is 9.03 Å². The summed E-state index contributed by atoms with van der Waals surface area (Å²) >= 11 is 0. The minimum absolute atomic E-state index is 0.0397. The molecule has 1 rings (SSSR count). The van der Waals surface area contributed by atoms with Crippen LogP contribution in [-0.4, -0.2) is 47.8 Å². The Balaban J connectivity index is 3.33.